The number of halogens is 1. The van der Waals surface area contributed by atoms with Gasteiger partial charge in [0.1, 0.15) is 24.7 Å². The summed E-state index contributed by atoms with van der Waals surface area (Å²) in [5.41, 5.74) is 2.08. The molecule has 0 bridgehead atoms. The maximum Gasteiger partial charge on any atom is 0.244 e. The second-order valence-electron chi connectivity index (χ2n) is 10.5. The van der Waals surface area contributed by atoms with Crippen LogP contribution in [0.5, 0.6) is 5.75 Å². The van der Waals surface area contributed by atoms with Gasteiger partial charge in [-0.1, -0.05) is 42.8 Å². The number of aromatic nitrogens is 2. The number of fused-ring (bicyclic) bond motifs is 1. The Kier molecular flexibility index (Phi) is 8.19. The molecule has 2 aliphatic rings. The lowest BCUT2D eigenvalue weighted by atomic mass is 9.73. The number of rotatable bonds is 4. The maximum atomic E-state index is 14.6. The Balaban J connectivity index is 1.31. The molecule has 1 fully saturated rings. The van der Waals surface area contributed by atoms with Gasteiger partial charge in [0.05, 0.1) is 0 Å². The van der Waals surface area contributed by atoms with E-state index >= 15 is 0 Å². The second kappa shape index (κ2) is 11.9. The predicted octanol–water partition coefficient (Wildman–Crippen LogP) is 4.94. The normalized spacial score (nSPS) is 18.9. The third-order valence-electron chi connectivity index (χ3n) is 7.98. The van der Waals surface area contributed by atoms with Crippen LogP contribution >= 0.6 is 0 Å². The van der Waals surface area contributed by atoms with Gasteiger partial charge in [-0.3, -0.25) is 14.4 Å². The number of para-hydroxylation sites is 1. The number of amides is 1. The number of aryl methyl sites for hydroxylation is 1. The molecule has 3 aromatic rings. The number of likely N-dealkylation sites (tertiary alicyclic amines) is 1. The van der Waals surface area contributed by atoms with Crippen molar-refractivity contribution < 1.29 is 13.9 Å². The third kappa shape index (κ3) is 6.58. The first-order valence-corrected chi connectivity index (χ1v) is 13.5. The average Bonchev–Trinajstić information content (AvgIpc) is 3.41. The van der Waals surface area contributed by atoms with Crippen molar-refractivity contribution in [3.05, 3.63) is 83.9 Å². The first kappa shape index (κ1) is 25.5. The van der Waals surface area contributed by atoms with E-state index in [0.717, 1.165) is 76.0 Å². The van der Waals surface area contributed by atoms with Crippen LogP contribution in [-0.2, 0) is 24.3 Å². The molecule has 1 spiro atoms. The van der Waals surface area contributed by atoms with E-state index in [1.165, 1.54) is 11.6 Å². The van der Waals surface area contributed by atoms with E-state index in [2.05, 4.69) is 28.2 Å². The van der Waals surface area contributed by atoms with Crippen LogP contribution in [0.25, 0.3) is 0 Å². The quantitative estimate of drug-likeness (QED) is 0.505. The van der Waals surface area contributed by atoms with Gasteiger partial charge in [0.15, 0.2) is 0 Å². The molecule has 0 unspecified atom stereocenters. The zero-order valence-electron chi connectivity index (χ0n) is 21.5. The van der Waals surface area contributed by atoms with Crippen molar-refractivity contribution in [1.82, 2.24) is 19.6 Å². The summed E-state index contributed by atoms with van der Waals surface area (Å²) in [5, 5.41) is 4.19. The number of ether oxygens (including phenoxy) is 1. The highest BCUT2D eigenvalue weighted by Gasteiger charge is 2.37. The number of carbonyl (C=O) groups excluding carboxylic acids is 1. The molecule has 1 saturated heterocycles. The minimum Gasteiger partial charge on any atom is -0.492 e. The summed E-state index contributed by atoms with van der Waals surface area (Å²) >= 11 is 0. The van der Waals surface area contributed by atoms with Gasteiger partial charge in [0.2, 0.25) is 5.91 Å². The van der Waals surface area contributed by atoms with E-state index in [1.807, 2.05) is 35.4 Å². The second-order valence-corrected chi connectivity index (χ2v) is 10.5. The molecule has 0 radical (unpaired) electrons. The summed E-state index contributed by atoms with van der Waals surface area (Å²) in [6.07, 6.45) is 9.82. The molecule has 2 aromatic carbocycles. The SMILES string of the molecule is O=C(Cn1cccn1)N1CCC2(CCCCc3ccccc3OCCN(Cc3ccccc3F)C2)CC1. The van der Waals surface area contributed by atoms with E-state index in [4.69, 9.17) is 4.74 Å². The molecule has 3 heterocycles. The molecule has 37 heavy (non-hydrogen) atoms. The highest BCUT2D eigenvalue weighted by Crippen LogP contribution is 2.39. The van der Waals surface area contributed by atoms with Crippen LogP contribution < -0.4 is 4.74 Å². The van der Waals surface area contributed by atoms with E-state index in [9.17, 15) is 9.18 Å². The topological polar surface area (TPSA) is 50.6 Å². The van der Waals surface area contributed by atoms with Gasteiger partial charge in [-0.15, -0.1) is 0 Å². The molecule has 7 heteroatoms. The zero-order valence-corrected chi connectivity index (χ0v) is 21.5. The van der Waals surface area contributed by atoms with Crippen LogP contribution in [0.1, 0.15) is 43.2 Å². The fourth-order valence-corrected chi connectivity index (χ4v) is 5.86. The molecule has 196 valence electrons. The van der Waals surface area contributed by atoms with E-state index in [1.54, 1.807) is 16.9 Å². The van der Waals surface area contributed by atoms with Gasteiger partial charge < -0.3 is 9.64 Å². The van der Waals surface area contributed by atoms with Crippen LogP contribution in [-0.4, -0.2) is 58.3 Å². The summed E-state index contributed by atoms with van der Waals surface area (Å²) in [5.74, 6) is 0.931. The molecular formula is C30H37FN4O2. The minimum atomic E-state index is -0.159. The van der Waals surface area contributed by atoms with E-state index < -0.39 is 0 Å². The van der Waals surface area contributed by atoms with E-state index in [0.29, 0.717) is 13.2 Å². The smallest absolute Gasteiger partial charge is 0.244 e. The van der Waals surface area contributed by atoms with E-state index in [-0.39, 0.29) is 23.7 Å². The summed E-state index contributed by atoms with van der Waals surface area (Å²) in [7, 11) is 0. The standard InChI is InChI=1S/C30H37FN4O2/c31-27-11-3-1-10-26(27)22-33-20-21-37-28-12-4-2-8-25(28)9-5-6-13-30(24-33)14-18-34(19-15-30)29(36)23-35-17-7-16-32-35/h1-4,7-8,10-12,16-17H,5-6,9,13-15,18-24H2. The largest absolute Gasteiger partial charge is 0.492 e. The van der Waals surface area contributed by atoms with Crippen LogP contribution in [0.2, 0.25) is 0 Å². The third-order valence-corrected chi connectivity index (χ3v) is 7.98. The van der Waals surface area contributed by atoms with Gasteiger partial charge in [0, 0.05) is 50.7 Å². The van der Waals surface area contributed by atoms with Crippen molar-refractivity contribution >= 4 is 5.91 Å². The molecule has 1 amide bonds. The van der Waals surface area contributed by atoms with Gasteiger partial charge in [0.25, 0.3) is 0 Å². The summed E-state index contributed by atoms with van der Waals surface area (Å²) < 4.78 is 22.5. The molecule has 2 aliphatic heterocycles. The fourth-order valence-electron chi connectivity index (χ4n) is 5.86. The fraction of sp³-hybridized carbons (Fsp3) is 0.467. The Labute approximate surface area is 219 Å². The van der Waals surface area contributed by atoms with Gasteiger partial charge in [-0.2, -0.15) is 5.10 Å². The molecule has 5 rings (SSSR count). The lowest BCUT2D eigenvalue weighted by Gasteiger charge is -2.45. The predicted molar refractivity (Wildman–Crippen MR) is 142 cm³/mol. The molecule has 0 N–H and O–H groups in total. The Morgan fingerprint density at radius 3 is 2.59 bits per heavy atom. The molecule has 0 aliphatic carbocycles. The van der Waals surface area contributed by atoms with Crippen molar-refractivity contribution in [3.8, 4) is 5.75 Å². The molecule has 1 aromatic heterocycles. The van der Waals surface area contributed by atoms with Crippen LogP contribution in [0.3, 0.4) is 0 Å². The van der Waals surface area contributed by atoms with Crippen molar-refractivity contribution in [1.29, 1.82) is 0 Å². The summed E-state index contributed by atoms with van der Waals surface area (Å²) in [4.78, 5) is 17.3. The van der Waals surface area contributed by atoms with Crippen LogP contribution in [0.4, 0.5) is 4.39 Å². The highest BCUT2D eigenvalue weighted by molar-refractivity contribution is 5.76. The Bertz CT molecular complexity index is 1160. The molecule has 0 atom stereocenters. The number of nitrogens with zero attached hydrogens (tertiary/aromatic N) is 4. The monoisotopic (exact) mass is 504 g/mol. The average molecular weight is 505 g/mol. The first-order chi connectivity index (χ1) is 18.1. The van der Waals surface area contributed by atoms with Crippen molar-refractivity contribution in [2.45, 2.75) is 51.6 Å². The number of benzene rings is 2. The summed E-state index contributed by atoms with van der Waals surface area (Å²) in [6.45, 7) is 4.54. The zero-order chi connectivity index (χ0) is 25.5. The van der Waals surface area contributed by atoms with Gasteiger partial charge in [-0.25, -0.2) is 4.39 Å². The lowest BCUT2D eigenvalue weighted by Crippen LogP contribution is -2.49. The number of carbonyl (C=O) groups is 1. The van der Waals surface area contributed by atoms with Crippen LogP contribution in [0, 0.1) is 11.2 Å². The molecular weight excluding hydrogens is 467 g/mol. The number of piperidine rings is 1. The summed E-state index contributed by atoms with van der Waals surface area (Å²) in [6, 6.07) is 17.2. The molecule has 6 nitrogen and oxygen atoms in total. The van der Waals surface area contributed by atoms with Crippen molar-refractivity contribution in [2.24, 2.45) is 5.41 Å². The molecule has 0 saturated carbocycles. The Hall–Kier alpha value is -3.19. The van der Waals surface area contributed by atoms with Gasteiger partial charge in [-0.05, 0) is 61.3 Å². The number of hydrogen-bond donors (Lipinski definition) is 0. The van der Waals surface area contributed by atoms with Crippen molar-refractivity contribution in [2.75, 3.05) is 32.8 Å². The number of hydrogen-bond acceptors (Lipinski definition) is 4. The Morgan fingerprint density at radius 1 is 0.973 bits per heavy atom. The van der Waals surface area contributed by atoms with Gasteiger partial charge >= 0.3 is 0 Å². The minimum absolute atomic E-state index is 0.104. The Morgan fingerprint density at radius 2 is 1.78 bits per heavy atom. The highest BCUT2D eigenvalue weighted by atomic mass is 19.1. The van der Waals surface area contributed by atoms with Crippen molar-refractivity contribution in [3.63, 3.8) is 0 Å². The first-order valence-electron chi connectivity index (χ1n) is 13.5. The maximum absolute atomic E-state index is 14.6. The van der Waals surface area contributed by atoms with Crippen LogP contribution in [0.15, 0.2) is 67.0 Å². The lowest BCUT2D eigenvalue weighted by molar-refractivity contribution is -0.134.